The van der Waals surface area contributed by atoms with Gasteiger partial charge >= 0.3 is 0 Å². The number of carbonyl (C=O) groups is 1. The molecular formula is C22H22N6O. The Morgan fingerprint density at radius 3 is 2.55 bits per heavy atom. The van der Waals surface area contributed by atoms with Gasteiger partial charge in [0.1, 0.15) is 11.6 Å². The molecule has 1 aliphatic heterocycles. The third kappa shape index (κ3) is 3.03. The summed E-state index contributed by atoms with van der Waals surface area (Å²) in [4.78, 5) is 32.6. The molecule has 3 aromatic rings. The first-order chi connectivity index (χ1) is 13.9. The fraction of sp³-hybridized carbons (Fsp3) is 0.318. The number of aromatic nitrogens is 4. The first-order valence-corrected chi connectivity index (χ1v) is 9.80. The van der Waals surface area contributed by atoms with E-state index in [0.717, 1.165) is 41.0 Å². The number of benzene rings is 1. The van der Waals surface area contributed by atoms with Crippen LogP contribution in [0.1, 0.15) is 38.1 Å². The van der Waals surface area contributed by atoms with Gasteiger partial charge in [-0.2, -0.15) is 0 Å². The van der Waals surface area contributed by atoms with Crippen molar-refractivity contribution in [1.82, 2.24) is 19.9 Å². The molecule has 2 aromatic heterocycles. The third-order valence-corrected chi connectivity index (χ3v) is 5.54. The lowest BCUT2D eigenvalue weighted by atomic mass is 9.85. The van der Waals surface area contributed by atoms with Crippen LogP contribution in [0.3, 0.4) is 0 Å². The Morgan fingerprint density at radius 2 is 1.83 bits per heavy atom. The molecule has 0 saturated heterocycles. The average Bonchev–Trinajstić information content (AvgIpc) is 3.49. The summed E-state index contributed by atoms with van der Waals surface area (Å²) in [5.41, 5.74) is 3.03. The molecule has 0 radical (unpaired) electrons. The van der Waals surface area contributed by atoms with Gasteiger partial charge in [-0.1, -0.05) is 12.1 Å². The molecule has 0 unspecified atom stereocenters. The second kappa shape index (κ2) is 6.34. The number of anilines is 3. The molecule has 0 atom stereocenters. The summed E-state index contributed by atoms with van der Waals surface area (Å²) in [6, 6.07) is 6.51. The topological polar surface area (TPSA) is 83.9 Å². The molecule has 1 saturated carbocycles. The minimum Gasteiger partial charge on any atom is -0.366 e. The third-order valence-electron chi connectivity index (χ3n) is 5.54. The van der Waals surface area contributed by atoms with E-state index >= 15 is 0 Å². The fourth-order valence-electron chi connectivity index (χ4n) is 3.67. The standard InChI is InChI=1S/C22H22N6O/c1-13-24-9-15(10-25-13)14-4-7-17-18(8-14)28(21(29)22(17,2)3)20-12-23-11-19(27-20)26-16-5-6-16/h4,7-12,16H,5-6H2,1-3H3,(H,26,27). The second-order valence-electron chi connectivity index (χ2n) is 8.20. The van der Waals surface area contributed by atoms with Crippen molar-refractivity contribution in [3.63, 3.8) is 0 Å². The highest BCUT2D eigenvalue weighted by molar-refractivity contribution is 6.12. The van der Waals surface area contributed by atoms with E-state index < -0.39 is 5.41 Å². The Bertz CT molecular complexity index is 1100. The maximum atomic E-state index is 13.3. The van der Waals surface area contributed by atoms with E-state index in [2.05, 4.69) is 25.3 Å². The molecule has 1 N–H and O–H groups in total. The van der Waals surface area contributed by atoms with Gasteiger partial charge in [0, 0.05) is 24.0 Å². The molecular weight excluding hydrogens is 364 g/mol. The minimum atomic E-state index is -0.640. The van der Waals surface area contributed by atoms with Crippen LogP contribution < -0.4 is 10.2 Å². The summed E-state index contributed by atoms with van der Waals surface area (Å²) in [5.74, 6) is 1.95. The molecule has 2 aliphatic rings. The normalized spacial score (nSPS) is 17.3. The van der Waals surface area contributed by atoms with Crippen LogP contribution in [-0.4, -0.2) is 31.9 Å². The summed E-state index contributed by atoms with van der Waals surface area (Å²) < 4.78 is 0. The first-order valence-electron chi connectivity index (χ1n) is 9.80. The van der Waals surface area contributed by atoms with Gasteiger partial charge in [-0.15, -0.1) is 0 Å². The zero-order valence-electron chi connectivity index (χ0n) is 16.7. The van der Waals surface area contributed by atoms with E-state index in [1.54, 1.807) is 29.7 Å². The number of hydrogen-bond acceptors (Lipinski definition) is 6. The smallest absolute Gasteiger partial charge is 0.242 e. The predicted molar refractivity (Wildman–Crippen MR) is 111 cm³/mol. The number of rotatable bonds is 4. The van der Waals surface area contributed by atoms with E-state index in [0.29, 0.717) is 17.7 Å². The molecule has 7 heteroatoms. The maximum Gasteiger partial charge on any atom is 0.242 e. The number of carbonyl (C=O) groups excluding carboxylic acids is 1. The highest BCUT2D eigenvalue weighted by Crippen LogP contribution is 2.46. The van der Waals surface area contributed by atoms with Crippen molar-refractivity contribution in [1.29, 1.82) is 0 Å². The number of fused-ring (bicyclic) bond motifs is 1. The lowest BCUT2D eigenvalue weighted by Gasteiger charge is -2.20. The monoisotopic (exact) mass is 386 g/mol. The van der Waals surface area contributed by atoms with Gasteiger partial charge in [-0.3, -0.25) is 14.7 Å². The fourth-order valence-corrected chi connectivity index (χ4v) is 3.67. The van der Waals surface area contributed by atoms with Gasteiger partial charge in [-0.05, 0) is 50.8 Å². The van der Waals surface area contributed by atoms with Gasteiger partial charge in [0.25, 0.3) is 0 Å². The number of aryl methyl sites for hydroxylation is 1. The molecule has 1 aromatic carbocycles. The zero-order chi connectivity index (χ0) is 20.2. The van der Waals surface area contributed by atoms with Crippen LogP contribution in [0.2, 0.25) is 0 Å². The number of nitrogens with one attached hydrogen (secondary N) is 1. The Kier molecular flexibility index (Phi) is 3.87. The highest BCUT2D eigenvalue weighted by Gasteiger charge is 2.45. The SMILES string of the molecule is Cc1ncc(-c2ccc3c(c2)N(c2cncc(NC4CC4)n2)C(=O)C3(C)C)cn1. The summed E-state index contributed by atoms with van der Waals surface area (Å²) in [6.07, 6.45) is 9.24. The molecule has 146 valence electrons. The van der Waals surface area contributed by atoms with E-state index in [1.165, 1.54) is 0 Å². The van der Waals surface area contributed by atoms with E-state index in [-0.39, 0.29) is 5.91 Å². The van der Waals surface area contributed by atoms with Crippen molar-refractivity contribution in [3.8, 4) is 11.1 Å². The average molecular weight is 386 g/mol. The quantitative estimate of drug-likeness (QED) is 0.735. The van der Waals surface area contributed by atoms with Crippen LogP contribution in [0.25, 0.3) is 11.1 Å². The van der Waals surface area contributed by atoms with Crippen LogP contribution in [0.5, 0.6) is 0 Å². The Morgan fingerprint density at radius 1 is 1.07 bits per heavy atom. The Hall–Kier alpha value is -3.35. The lowest BCUT2D eigenvalue weighted by Crippen LogP contribution is -2.33. The summed E-state index contributed by atoms with van der Waals surface area (Å²) in [5, 5.41) is 3.35. The summed E-state index contributed by atoms with van der Waals surface area (Å²) >= 11 is 0. The van der Waals surface area contributed by atoms with Crippen LogP contribution in [0.4, 0.5) is 17.3 Å². The molecule has 0 bridgehead atoms. The van der Waals surface area contributed by atoms with Crippen molar-refractivity contribution in [2.75, 3.05) is 10.2 Å². The second-order valence-corrected chi connectivity index (χ2v) is 8.20. The van der Waals surface area contributed by atoms with Crippen molar-refractivity contribution in [2.45, 2.75) is 45.1 Å². The molecule has 7 nitrogen and oxygen atoms in total. The van der Waals surface area contributed by atoms with Crippen LogP contribution in [0.15, 0.2) is 43.0 Å². The predicted octanol–water partition coefficient (Wildman–Crippen LogP) is 3.77. The van der Waals surface area contributed by atoms with Crippen LogP contribution in [0, 0.1) is 6.92 Å². The van der Waals surface area contributed by atoms with Crippen molar-refractivity contribution >= 4 is 23.2 Å². The van der Waals surface area contributed by atoms with Crippen LogP contribution >= 0.6 is 0 Å². The van der Waals surface area contributed by atoms with Gasteiger partial charge in [0.05, 0.1) is 23.5 Å². The first kappa shape index (κ1) is 17.7. The minimum absolute atomic E-state index is 0.0114. The zero-order valence-corrected chi connectivity index (χ0v) is 16.7. The van der Waals surface area contributed by atoms with Gasteiger partial charge in [0.2, 0.25) is 5.91 Å². The maximum absolute atomic E-state index is 13.3. The van der Waals surface area contributed by atoms with Gasteiger partial charge < -0.3 is 5.32 Å². The molecule has 3 heterocycles. The lowest BCUT2D eigenvalue weighted by molar-refractivity contribution is -0.121. The molecule has 1 fully saturated rings. The molecule has 5 rings (SSSR count). The Labute approximate surface area is 169 Å². The van der Waals surface area contributed by atoms with Crippen molar-refractivity contribution in [2.24, 2.45) is 0 Å². The van der Waals surface area contributed by atoms with E-state index in [9.17, 15) is 4.79 Å². The number of amides is 1. The summed E-state index contributed by atoms with van der Waals surface area (Å²) in [7, 11) is 0. The summed E-state index contributed by atoms with van der Waals surface area (Å²) in [6.45, 7) is 5.75. The van der Waals surface area contributed by atoms with E-state index in [4.69, 9.17) is 0 Å². The number of nitrogens with zero attached hydrogens (tertiary/aromatic N) is 5. The van der Waals surface area contributed by atoms with Gasteiger partial charge in [-0.25, -0.2) is 15.0 Å². The Balaban J connectivity index is 1.60. The molecule has 1 amide bonds. The molecule has 1 aliphatic carbocycles. The van der Waals surface area contributed by atoms with Gasteiger partial charge in [0.15, 0.2) is 5.82 Å². The van der Waals surface area contributed by atoms with Crippen molar-refractivity contribution in [3.05, 3.63) is 54.4 Å². The molecule has 0 spiro atoms. The van der Waals surface area contributed by atoms with E-state index in [1.807, 2.05) is 39.0 Å². The number of hydrogen-bond donors (Lipinski definition) is 1. The largest absolute Gasteiger partial charge is 0.366 e. The highest BCUT2D eigenvalue weighted by atomic mass is 16.2. The van der Waals surface area contributed by atoms with Crippen molar-refractivity contribution < 1.29 is 4.79 Å². The molecule has 29 heavy (non-hydrogen) atoms. The van der Waals surface area contributed by atoms with Crippen LogP contribution in [-0.2, 0) is 10.2 Å².